The Morgan fingerprint density at radius 3 is 1.98 bits per heavy atom. The number of hydrogen-bond acceptors (Lipinski definition) is 6. The number of rotatable bonds is 4. The Balaban J connectivity index is 1.18. The molecule has 0 fully saturated rings. The second kappa shape index (κ2) is 11.1. The number of benzene rings is 6. The molecule has 1 aliphatic carbocycles. The molecule has 0 spiro atoms. The predicted molar refractivity (Wildman–Crippen MR) is 207 cm³/mol. The summed E-state index contributed by atoms with van der Waals surface area (Å²) in [6.07, 6.45) is 7.01. The van der Waals surface area contributed by atoms with Gasteiger partial charge in [-0.1, -0.05) is 115 Å². The zero-order valence-electron chi connectivity index (χ0n) is 27.2. The summed E-state index contributed by atoms with van der Waals surface area (Å²) in [6.45, 7) is 0. The first-order valence-electron chi connectivity index (χ1n) is 17.1. The van der Waals surface area contributed by atoms with Gasteiger partial charge in [-0.3, -0.25) is 0 Å². The molecule has 0 saturated carbocycles. The quantitative estimate of drug-likeness (QED) is 0.185. The lowest BCUT2D eigenvalue weighted by Crippen LogP contribution is -2.09. The molecule has 0 saturated heterocycles. The fourth-order valence-electron chi connectivity index (χ4n) is 7.74. The number of fused-ring (bicyclic) bond motifs is 9. The highest BCUT2D eigenvalue weighted by atomic mass is 32.2. The lowest BCUT2D eigenvalue weighted by molar-refractivity contribution is 0.668. The van der Waals surface area contributed by atoms with Crippen LogP contribution in [0, 0.1) is 0 Å². The molecule has 0 N–H and O–H groups in total. The third-order valence-corrected chi connectivity index (χ3v) is 11.4. The average Bonchev–Trinajstić information content (AvgIpc) is 3.88. The number of hydrogen-bond donors (Lipinski definition) is 0. The molecule has 9 aromatic rings. The fourth-order valence-corrected chi connectivity index (χ4v) is 9.05. The normalized spacial score (nSPS) is 16.6. The highest BCUT2D eigenvalue weighted by molar-refractivity contribution is 8.00. The van der Waals surface area contributed by atoms with E-state index in [1.807, 2.05) is 84.6 Å². The number of aromatic nitrogens is 3. The van der Waals surface area contributed by atoms with E-state index in [9.17, 15) is 0 Å². The monoisotopic (exact) mass is 673 g/mol. The van der Waals surface area contributed by atoms with Crippen molar-refractivity contribution in [3.05, 3.63) is 163 Å². The van der Waals surface area contributed by atoms with Crippen LogP contribution in [0.1, 0.15) is 17.0 Å². The number of furan rings is 2. The van der Waals surface area contributed by atoms with Gasteiger partial charge in [0, 0.05) is 54.3 Å². The molecule has 1 aliphatic heterocycles. The fraction of sp³-hybridized carbons (Fsp3) is 0.0444. The third kappa shape index (κ3) is 4.53. The predicted octanol–water partition coefficient (Wildman–Crippen LogP) is 11.9. The molecule has 2 unspecified atom stereocenters. The van der Waals surface area contributed by atoms with Crippen LogP contribution in [-0.2, 0) is 0 Å². The Hall–Kier alpha value is -6.24. The van der Waals surface area contributed by atoms with Gasteiger partial charge in [0.25, 0.3) is 0 Å². The minimum absolute atomic E-state index is 0.305. The van der Waals surface area contributed by atoms with Crippen LogP contribution >= 0.6 is 11.8 Å². The lowest BCUT2D eigenvalue weighted by Gasteiger charge is -2.19. The first-order valence-corrected chi connectivity index (χ1v) is 18.0. The smallest absolute Gasteiger partial charge is 0.164 e. The summed E-state index contributed by atoms with van der Waals surface area (Å²) in [5.41, 5.74) is 9.56. The third-order valence-electron chi connectivity index (χ3n) is 10.1. The van der Waals surface area contributed by atoms with Crippen molar-refractivity contribution in [2.45, 2.75) is 16.1 Å². The summed E-state index contributed by atoms with van der Waals surface area (Å²) in [7, 11) is 0. The summed E-state index contributed by atoms with van der Waals surface area (Å²) in [6, 6.07) is 45.7. The molecule has 4 heterocycles. The molecule has 0 bridgehead atoms. The van der Waals surface area contributed by atoms with E-state index in [4.69, 9.17) is 23.8 Å². The van der Waals surface area contributed by atoms with Crippen molar-refractivity contribution in [3.8, 4) is 34.2 Å². The van der Waals surface area contributed by atoms with E-state index in [-0.39, 0.29) is 0 Å². The van der Waals surface area contributed by atoms with Gasteiger partial charge in [0.2, 0.25) is 0 Å². The van der Waals surface area contributed by atoms with Crippen LogP contribution in [0.4, 0.5) is 0 Å². The second-order valence-corrected chi connectivity index (χ2v) is 14.3. The maximum absolute atomic E-state index is 6.58. The van der Waals surface area contributed by atoms with Gasteiger partial charge in [-0.25, -0.2) is 15.0 Å². The summed E-state index contributed by atoms with van der Waals surface area (Å²) < 4.78 is 12.9. The minimum Gasteiger partial charge on any atom is -0.456 e. The van der Waals surface area contributed by atoms with Crippen molar-refractivity contribution in [2.75, 3.05) is 0 Å². The Morgan fingerprint density at radius 1 is 0.510 bits per heavy atom. The Labute approximate surface area is 297 Å². The number of allylic oxidation sites excluding steroid dienone is 3. The van der Waals surface area contributed by atoms with E-state index in [0.29, 0.717) is 28.6 Å². The van der Waals surface area contributed by atoms with Crippen molar-refractivity contribution in [3.63, 3.8) is 0 Å². The number of thioether (sulfide) groups is 1. The Morgan fingerprint density at radius 2 is 1.16 bits per heavy atom. The van der Waals surface area contributed by atoms with Gasteiger partial charge < -0.3 is 8.83 Å². The van der Waals surface area contributed by atoms with E-state index in [1.165, 1.54) is 10.5 Å². The second-order valence-electron chi connectivity index (χ2n) is 13.1. The Kier molecular flexibility index (Phi) is 6.24. The minimum atomic E-state index is 0.305. The molecule has 0 radical (unpaired) electrons. The van der Waals surface area contributed by atoms with Gasteiger partial charge in [0.15, 0.2) is 17.5 Å². The molecule has 2 atom stereocenters. The van der Waals surface area contributed by atoms with Crippen LogP contribution in [0.15, 0.2) is 165 Å². The largest absolute Gasteiger partial charge is 0.456 e. The maximum Gasteiger partial charge on any atom is 0.164 e. The van der Waals surface area contributed by atoms with Gasteiger partial charge in [-0.2, -0.15) is 0 Å². The van der Waals surface area contributed by atoms with Gasteiger partial charge in [-0.15, -0.1) is 11.8 Å². The molecule has 51 heavy (non-hydrogen) atoms. The van der Waals surface area contributed by atoms with Crippen LogP contribution in [0.2, 0.25) is 0 Å². The van der Waals surface area contributed by atoms with Crippen LogP contribution in [-0.4, -0.2) is 20.2 Å². The van der Waals surface area contributed by atoms with Gasteiger partial charge in [0.05, 0.1) is 0 Å². The van der Waals surface area contributed by atoms with E-state index >= 15 is 0 Å². The van der Waals surface area contributed by atoms with E-state index in [1.54, 1.807) is 0 Å². The molecule has 0 amide bonds. The van der Waals surface area contributed by atoms with E-state index < -0.39 is 0 Å². The molecular weight excluding hydrogens is 647 g/mol. The van der Waals surface area contributed by atoms with E-state index in [0.717, 1.165) is 71.7 Å². The zero-order chi connectivity index (χ0) is 33.5. The molecule has 6 aromatic carbocycles. The van der Waals surface area contributed by atoms with Gasteiger partial charge >= 0.3 is 0 Å². The summed E-state index contributed by atoms with van der Waals surface area (Å²) >= 11 is 1.94. The maximum atomic E-state index is 6.58. The van der Waals surface area contributed by atoms with Gasteiger partial charge in [-0.05, 0) is 53.1 Å². The molecular formula is C45H27N3O2S. The molecule has 6 heteroatoms. The molecule has 2 aliphatic rings. The lowest BCUT2D eigenvalue weighted by atomic mass is 9.86. The first-order chi connectivity index (χ1) is 25.2. The molecule has 5 nitrogen and oxygen atoms in total. The standard InChI is InChI=1S/C45H27N3O2S/c1-2-11-26(12-3-1)43-46-44(32-16-10-19-37-41(32)30-14-4-7-17-35(30)49-37)48-45(47-43)34-24-28(25-38-42(34)31-15-5-8-18-36(31)50-38)27-21-22-40-33(23-27)29-13-6-9-20-39(29)51-40/h1-25,33,40H. The SMILES string of the molecule is C1=CC2Sc3ccccc3C2C=C1c1cc(-c2nc(-c3ccccc3)nc(-c3cccc4oc5ccccc5c34)n2)c2c(c1)oc1ccccc12. The topological polar surface area (TPSA) is 65.0 Å². The summed E-state index contributed by atoms with van der Waals surface area (Å²) in [4.78, 5) is 17.0. The van der Waals surface area contributed by atoms with Crippen LogP contribution in [0.3, 0.4) is 0 Å². The molecule has 240 valence electrons. The van der Waals surface area contributed by atoms with Crippen LogP contribution in [0.25, 0.3) is 83.6 Å². The van der Waals surface area contributed by atoms with Crippen LogP contribution < -0.4 is 0 Å². The van der Waals surface area contributed by atoms with Crippen molar-refractivity contribution in [2.24, 2.45) is 0 Å². The molecule has 11 rings (SSSR count). The average molecular weight is 674 g/mol. The Bertz CT molecular complexity index is 2920. The van der Waals surface area contributed by atoms with Gasteiger partial charge in [0.1, 0.15) is 22.3 Å². The highest BCUT2D eigenvalue weighted by Gasteiger charge is 2.32. The van der Waals surface area contributed by atoms with Crippen molar-refractivity contribution >= 4 is 61.2 Å². The summed E-state index contributed by atoms with van der Waals surface area (Å²) in [5.74, 6) is 2.08. The van der Waals surface area contributed by atoms with Crippen molar-refractivity contribution < 1.29 is 8.83 Å². The summed E-state index contributed by atoms with van der Waals surface area (Å²) in [5, 5.41) is 4.41. The number of nitrogens with zero attached hydrogens (tertiary/aromatic N) is 3. The first kappa shape index (κ1) is 28.6. The number of para-hydroxylation sites is 2. The highest BCUT2D eigenvalue weighted by Crippen LogP contribution is 2.50. The van der Waals surface area contributed by atoms with Crippen molar-refractivity contribution in [1.29, 1.82) is 0 Å². The van der Waals surface area contributed by atoms with Crippen molar-refractivity contribution in [1.82, 2.24) is 15.0 Å². The molecule has 3 aromatic heterocycles. The van der Waals surface area contributed by atoms with Crippen LogP contribution in [0.5, 0.6) is 0 Å². The zero-order valence-corrected chi connectivity index (χ0v) is 28.0. The van der Waals surface area contributed by atoms with E-state index in [2.05, 4.69) is 78.9 Å².